The number of nitrogens with one attached hydrogen (secondary N) is 1. The molecule has 0 saturated carbocycles. The van der Waals surface area contributed by atoms with Gasteiger partial charge in [-0.15, -0.1) is 12.4 Å². The van der Waals surface area contributed by atoms with Gasteiger partial charge in [-0.25, -0.2) is 0 Å². The van der Waals surface area contributed by atoms with Crippen LogP contribution in [0, 0.1) is 0 Å². The van der Waals surface area contributed by atoms with Crippen molar-refractivity contribution in [2.45, 2.75) is 0 Å². The molecule has 0 atom stereocenters. The summed E-state index contributed by atoms with van der Waals surface area (Å²) in [4.78, 5) is 0. The summed E-state index contributed by atoms with van der Waals surface area (Å²) in [6, 6.07) is 12.7. The Morgan fingerprint density at radius 2 is 1.75 bits per heavy atom. The summed E-state index contributed by atoms with van der Waals surface area (Å²) in [5.41, 5.74) is 2.43. The molecule has 0 bridgehead atoms. The first-order valence-electron chi connectivity index (χ1n) is 5.07. The van der Waals surface area contributed by atoms with Crippen LogP contribution in [0.4, 0.5) is 5.69 Å². The van der Waals surface area contributed by atoms with Gasteiger partial charge < -0.3 is 5.32 Å². The largest absolute Gasteiger partial charge is 0.361 e. The number of rotatable bonds is 0. The van der Waals surface area contributed by atoms with Crippen molar-refractivity contribution in [3.05, 3.63) is 60.3 Å². The fraction of sp³-hybridized carbons (Fsp3) is 0. The van der Waals surface area contributed by atoms with Crippen LogP contribution >= 0.6 is 12.4 Å². The average Bonchev–Trinajstić information content (AvgIpc) is 2.54. The minimum atomic E-state index is 0. The zero-order chi connectivity index (χ0) is 10.1. The first kappa shape index (κ1) is 10.8. The van der Waals surface area contributed by atoms with Crippen LogP contribution in [0.1, 0.15) is 5.56 Å². The first-order valence-corrected chi connectivity index (χ1v) is 5.07. The predicted octanol–water partition coefficient (Wildman–Crippen LogP) is 4.21. The molecule has 0 saturated heterocycles. The molecular formula is C14H12ClN. The van der Waals surface area contributed by atoms with E-state index in [1.54, 1.807) is 0 Å². The van der Waals surface area contributed by atoms with Crippen LogP contribution < -0.4 is 5.32 Å². The lowest BCUT2D eigenvalue weighted by atomic mass is 10.0. The summed E-state index contributed by atoms with van der Waals surface area (Å²) < 4.78 is 0. The summed E-state index contributed by atoms with van der Waals surface area (Å²) in [5, 5.41) is 5.85. The highest BCUT2D eigenvalue weighted by Crippen LogP contribution is 2.28. The van der Waals surface area contributed by atoms with Gasteiger partial charge in [0.25, 0.3) is 0 Å². The maximum atomic E-state index is 3.27. The molecule has 2 aromatic carbocycles. The number of halogens is 1. The van der Waals surface area contributed by atoms with Crippen molar-refractivity contribution in [1.29, 1.82) is 0 Å². The van der Waals surface area contributed by atoms with Gasteiger partial charge in [0.05, 0.1) is 0 Å². The van der Waals surface area contributed by atoms with Crippen molar-refractivity contribution in [3.8, 4) is 0 Å². The average molecular weight is 230 g/mol. The zero-order valence-corrected chi connectivity index (χ0v) is 9.50. The lowest BCUT2D eigenvalue weighted by Crippen LogP contribution is -1.90. The third kappa shape index (κ3) is 1.70. The molecule has 1 heterocycles. The van der Waals surface area contributed by atoms with Gasteiger partial charge in [0.15, 0.2) is 0 Å². The molecule has 1 N–H and O–H groups in total. The van der Waals surface area contributed by atoms with Crippen molar-refractivity contribution in [1.82, 2.24) is 0 Å². The Hall–Kier alpha value is -1.73. The van der Waals surface area contributed by atoms with Gasteiger partial charge in [-0.3, -0.25) is 0 Å². The minimum absolute atomic E-state index is 0. The second-order valence-corrected chi connectivity index (χ2v) is 3.61. The highest BCUT2D eigenvalue weighted by molar-refractivity contribution is 5.96. The molecule has 0 radical (unpaired) electrons. The van der Waals surface area contributed by atoms with Crippen LogP contribution in [-0.2, 0) is 0 Å². The van der Waals surface area contributed by atoms with E-state index >= 15 is 0 Å². The number of hydrogen-bond acceptors (Lipinski definition) is 1. The highest BCUT2D eigenvalue weighted by atomic mass is 35.5. The van der Waals surface area contributed by atoms with Crippen LogP contribution in [0.2, 0.25) is 0 Å². The van der Waals surface area contributed by atoms with E-state index in [4.69, 9.17) is 0 Å². The van der Waals surface area contributed by atoms with Crippen molar-refractivity contribution in [3.63, 3.8) is 0 Å². The fourth-order valence-corrected chi connectivity index (χ4v) is 1.95. The molecule has 0 fully saturated rings. The van der Waals surface area contributed by atoms with Crippen LogP contribution in [0.15, 0.2) is 54.8 Å². The van der Waals surface area contributed by atoms with E-state index < -0.39 is 0 Å². The standard InChI is InChI=1S/C14H11N.ClH/c1-2-6-12-11(5-1)8-9-14-13(12)7-3-4-10-15-14;/h1-10,15H;1H. The first-order chi connectivity index (χ1) is 7.45. The lowest BCUT2D eigenvalue weighted by Gasteiger charge is -2.08. The molecule has 16 heavy (non-hydrogen) atoms. The Balaban J connectivity index is 0.000000963. The predicted molar refractivity (Wildman–Crippen MR) is 73.0 cm³/mol. The molecule has 1 aliphatic rings. The number of fused-ring (bicyclic) bond motifs is 3. The van der Waals surface area contributed by atoms with Crippen LogP contribution in [0.3, 0.4) is 0 Å². The summed E-state index contributed by atoms with van der Waals surface area (Å²) in [6.45, 7) is 0. The molecular weight excluding hydrogens is 218 g/mol. The van der Waals surface area contributed by atoms with Crippen molar-refractivity contribution < 1.29 is 0 Å². The molecule has 2 aromatic rings. The summed E-state index contributed by atoms with van der Waals surface area (Å²) in [5.74, 6) is 0. The Morgan fingerprint density at radius 3 is 2.69 bits per heavy atom. The molecule has 1 nitrogen and oxygen atoms in total. The van der Waals surface area contributed by atoms with Gasteiger partial charge in [-0.1, -0.05) is 42.5 Å². The smallest absolute Gasteiger partial charge is 0.0459 e. The van der Waals surface area contributed by atoms with E-state index in [1.807, 2.05) is 12.3 Å². The van der Waals surface area contributed by atoms with Gasteiger partial charge in [0.1, 0.15) is 0 Å². The molecule has 3 rings (SSSR count). The SMILES string of the molecule is C1=CNc2ccc3ccccc3c2C=C1.Cl. The fourth-order valence-electron chi connectivity index (χ4n) is 1.95. The topological polar surface area (TPSA) is 12.0 Å². The van der Waals surface area contributed by atoms with E-state index in [-0.39, 0.29) is 12.4 Å². The maximum Gasteiger partial charge on any atom is 0.0459 e. The molecule has 0 amide bonds. The zero-order valence-electron chi connectivity index (χ0n) is 8.68. The number of anilines is 1. The van der Waals surface area contributed by atoms with E-state index in [0.717, 1.165) is 0 Å². The second kappa shape index (κ2) is 4.42. The van der Waals surface area contributed by atoms with Crippen LogP contribution in [-0.4, -0.2) is 0 Å². The Morgan fingerprint density at radius 1 is 0.875 bits per heavy atom. The third-order valence-electron chi connectivity index (χ3n) is 2.68. The van der Waals surface area contributed by atoms with Crippen LogP contribution in [0.25, 0.3) is 16.8 Å². The molecule has 0 spiro atoms. The molecule has 2 heteroatoms. The minimum Gasteiger partial charge on any atom is -0.361 e. The Bertz CT molecular complexity index is 570. The quantitative estimate of drug-likeness (QED) is 0.714. The van der Waals surface area contributed by atoms with E-state index in [2.05, 4.69) is 53.9 Å². The van der Waals surface area contributed by atoms with Crippen molar-refractivity contribution >= 4 is 34.9 Å². The Labute approximate surface area is 101 Å². The van der Waals surface area contributed by atoms with E-state index in [9.17, 15) is 0 Å². The van der Waals surface area contributed by atoms with Gasteiger partial charge in [-0.2, -0.15) is 0 Å². The van der Waals surface area contributed by atoms with Crippen molar-refractivity contribution in [2.75, 3.05) is 5.32 Å². The van der Waals surface area contributed by atoms with Gasteiger partial charge in [-0.05, 0) is 22.9 Å². The van der Waals surface area contributed by atoms with Gasteiger partial charge >= 0.3 is 0 Å². The Kier molecular flexibility index (Phi) is 2.97. The van der Waals surface area contributed by atoms with Crippen LogP contribution in [0.5, 0.6) is 0 Å². The number of benzene rings is 2. The molecule has 0 aliphatic carbocycles. The molecule has 1 aliphatic heterocycles. The molecule has 0 aromatic heterocycles. The second-order valence-electron chi connectivity index (χ2n) is 3.61. The lowest BCUT2D eigenvalue weighted by molar-refractivity contribution is 1.60. The van der Waals surface area contributed by atoms with Gasteiger partial charge in [0, 0.05) is 17.5 Å². The number of allylic oxidation sites excluding steroid dienone is 2. The monoisotopic (exact) mass is 229 g/mol. The summed E-state index contributed by atoms with van der Waals surface area (Å²) in [6.07, 6.45) is 8.17. The van der Waals surface area contributed by atoms with Crippen molar-refractivity contribution in [2.24, 2.45) is 0 Å². The van der Waals surface area contributed by atoms with Gasteiger partial charge in [0.2, 0.25) is 0 Å². The summed E-state index contributed by atoms with van der Waals surface area (Å²) >= 11 is 0. The normalized spacial score (nSPS) is 12.5. The maximum absolute atomic E-state index is 3.27. The highest BCUT2D eigenvalue weighted by Gasteiger charge is 2.04. The molecule has 80 valence electrons. The third-order valence-corrected chi connectivity index (χ3v) is 2.68. The summed E-state index contributed by atoms with van der Waals surface area (Å²) in [7, 11) is 0. The van der Waals surface area contributed by atoms with E-state index in [0.29, 0.717) is 0 Å². The molecule has 0 unspecified atom stereocenters. The number of hydrogen-bond donors (Lipinski definition) is 1. The van der Waals surface area contributed by atoms with E-state index in [1.165, 1.54) is 22.0 Å².